The lowest BCUT2D eigenvalue weighted by Crippen LogP contribution is -2.14. The van der Waals surface area contributed by atoms with Crippen LogP contribution in [0.25, 0.3) is 21.9 Å². The highest BCUT2D eigenvalue weighted by Crippen LogP contribution is 2.36. The molecule has 7 nitrogen and oxygen atoms in total. The van der Waals surface area contributed by atoms with Crippen LogP contribution in [0.4, 0.5) is 5.69 Å². The van der Waals surface area contributed by atoms with Crippen molar-refractivity contribution >= 4 is 56.9 Å². The van der Waals surface area contributed by atoms with E-state index in [1.807, 2.05) is 12.1 Å². The van der Waals surface area contributed by atoms with Crippen molar-refractivity contribution in [3.63, 3.8) is 0 Å². The van der Waals surface area contributed by atoms with Crippen molar-refractivity contribution in [3.05, 3.63) is 47.7 Å². The molecule has 0 atom stereocenters. The van der Waals surface area contributed by atoms with Crippen LogP contribution in [0, 0.1) is 0 Å². The van der Waals surface area contributed by atoms with Gasteiger partial charge in [0, 0.05) is 22.2 Å². The maximum absolute atomic E-state index is 12.3. The first-order chi connectivity index (χ1) is 14.1. The molecule has 148 valence electrons. The molecule has 0 aliphatic heterocycles. The van der Waals surface area contributed by atoms with Gasteiger partial charge in [0.1, 0.15) is 16.9 Å². The van der Waals surface area contributed by atoms with Crippen LogP contribution >= 0.6 is 23.4 Å². The molecule has 0 spiro atoms. The van der Waals surface area contributed by atoms with Gasteiger partial charge < -0.3 is 19.8 Å². The second kappa shape index (κ2) is 8.18. The van der Waals surface area contributed by atoms with Crippen molar-refractivity contribution in [1.82, 2.24) is 15.0 Å². The summed E-state index contributed by atoms with van der Waals surface area (Å²) < 4.78 is 10.8. The first-order valence-electron chi connectivity index (χ1n) is 8.65. The minimum absolute atomic E-state index is 0.136. The fourth-order valence-electron chi connectivity index (χ4n) is 2.97. The number of carbonyl (C=O) groups is 1. The van der Waals surface area contributed by atoms with Gasteiger partial charge in [0.15, 0.2) is 11.5 Å². The van der Waals surface area contributed by atoms with E-state index < -0.39 is 0 Å². The number of aromatic amines is 1. The SMILES string of the molecule is COc1cc2[nH]c3c(SCC(=O)Nc4ccc(Cl)cc4)ncnc3c2cc1OC. The summed E-state index contributed by atoms with van der Waals surface area (Å²) in [5.74, 6) is 1.31. The van der Waals surface area contributed by atoms with E-state index in [0.29, 0.717) is 27.2 Å². The Labute approximate surface area is 175 Å². The van der Waals surface area contributed by atoms with Crippen LogP contribution in [-0.4, -0.2) is 40.8 Å². The maximum Gasteiger partial charge on any atom is 0.234 e. The highest BCUT2D eigenvalue weighted by atomic mass is 35.5. The standard InChI is InChI=1S/C20H17ClN4O3S/c1-27-15-7-13-14(8-16(15)28-2)25-19-18(13)22-10-23-20(19)29-9-17(26)24-12-5-3-11(21)4-6-12/h3-8,10,25H,9H2,1-2H3,(H,24,26). The number of amides is 1. The van der Waals surface area contributed by atoms with Gasteiger partial charge in [-0.2, -0.15) is 0 Å². The predicted octanol–water partition coefficient (Wildman–Crippen LogP) is 4.51. The Balaban J connectivity index is 1.59. The number of methoxy groups -OCH3 is 2. The Morgan fingerprint density at radius 2 is 1.86 bits per heavy atom. The van der Waals surface area contributed by atoms with Gasteiger partial charge in [-0.15, -0.1) is 0 Å². The van der Waals surface area contributed by atoms with Crippen LogP contribution in [0.3, 0.4) is 0 Å². The first-order valence-corrected chi connectivity index (χ1v) is 10.0. The largest absolute Gasteiger partial charge is 0.493 e. The highest BCUT2D eigenvalue weighted by Gasteiger charge is 2.15. The Morgan fingerprint density at radius 1 is 1.14 bits per heavy atom. The number of anilines is 1. The summed E-state index contributed by atoms with van der Waals surface area (Å²) in [6.45, 7) is 0. The van der Waals surface area contributed by atoms with Crippen molar-refractivity contribution < 1.29 is 14.3 Å². The Morgan fingerprint density at radius 3 is 2.59 bits per heavy atom. The van der Waals surface area contributed by atoms with Crippen LogP contribution in [0.1, 0.15) is 0 Å². The van der Waals surface area contributed by atoms with E-state index in [9.17, 15) is 4.79 Å². The molecule has 0 saturated carbocycles. The van der Waals surface area contributed by atoms with Gasteiger partial charge in [-0.25, -0.2) is 9.97 Å². The number of fused-ring (bicyclic) bond motifs is 3. The van der Waals surface area contributed by atoms with Gasteiger partial charge in [0.25, 0.3) is 0 Å². The molecule has 2 heterocycles. The molecule has 0 fully saturated rings. The molecule has 4 aromatic rings. The summed E-state index contributed by atoms with van der Waals surface area (Å²) in [4.78, 5) is 24.4. The first kappa shape index (κ1) is 19.4. The number of hydrogen-bond acceptors (Lipinski definition) is 6. The van der Waals surface area contributed by atoms with Crippen LogP contribution < -0.4 is 14.8 Å². The number of rotatable bonds is 6. The number of thioether (sulfide) groups is 1. The Kier molecular flexibility index (Phi) is 5.46. The summed E-state index contributed by atoms with van der Waals surface area (Å²) in [7, 11) is 3.18. The molecule has 0 unspecified atom stereocenters. The number of nitrogens with one attached hydrogen (secondary N) is 2. The Bertz CT molecular complexity index is 1190. The highest BCUT2D eigenvalue weighted by molar-refractivity contribution is 8.00. The average Bonchev–Trinajstić information content (AvgIpc) is 3.11. The molecular formula is C20H17ClN4O3S. The Hall–Kier alpha value is -2.97. The number of halogens is 1. The third kappa shape index (κ3) is 3.94. The van der Waals surface area contributed by atoms with Gasteiger partial charge in [-0.1, -0.05) is 23.4 Å². The van der Waals surface area contributed by atoms with Gasteiger partial charge in [0.2, 0.25) is 5.91 Å². The van der Waals surface area contributed by atoms with Gasteiger partial charge >= 0.3 is 0 Å². The lowest BCUT2D eigenvalue weighted by Gasteiger charge is -2.06. The zero-order chi connectivity index (χ0) is 20.4. The predicted molar refractivity (Wildman–Crippen MR) is 115 cm³/mol. The molecule has 0 radical (unpaired) electrons. The zero-order valence-electron chi connectivity index (χ0n) is 15.7. The molecule has 9 heteroatoms. The minimum atomic E-state index is -0.136. The monoisotopic (exact) mass is 428 g/mol. The van der Waals surface area contributed by atoms with E-state index in [0.717, 1.165) is 21.9 Å². The third-order valence-electron chi connectivity index (χ3n) is 4.32. The topological polar surface area (TPSA) is 89.1 Å². The number of nitrogens with zero attached hydrogens (tertiary/aromatic N) is 2. The summed E-state index contributed by atoms with van der Waals surface area (Å²) in [5.41, 5.74) is 3.07. The maximum atomic E-state index is 12.3. The number of ether oxygens (including phenoxy) is 2. The van der Waals surface area contributed by atoms with E-state index in [1.165, 1.54) is 18.1 Å². The molecule has 4 rings (SSSR count). The lowest BCUT2D eigenvalue weighted by atomic mass is 10.2. The fourth-order valence-corrected chi connectivity index (χ4v) is 3.85. The quantitative estimate of drug-likeness (QED) is 0.347. The van der Waals surface area contributed by atoms with Crippen molar-refractivity contribution in [2.45, 2.75) is 5.03 Å². The molecule has 0 bridgehead atoms. The second-order valence-corrected chi connectivity index (χ2v) is 7.52. The van der Waals surface area contributed by atoms with Crippen molar-refractivity contribution in [2.24, 2.45) is 0 Å². The molecule has 1 amide bonds. The molecule has 2 N–H and O–H groups in total. The van der Waals surface area contributed by atoms with E-state index in [-0.39, 0.29) is 11.7 Å². The summed E-state index contributed by atoms with van der Waals surface area (Å²) in [6.07, 6.45) is 1.49. The third-order valence-corrected chi connectivity index (χ3v) is 5.56. The van der Waals surface area contributed by atoms with Gasteiger partial charge in [-0.05, 0) is 30.3 Å². The van der Waals surface area contributed by atoms with Crippen LogP contribution in [0.15, 0.2) is 47.8 Å². The van der Waals surface area contributed by atoms with E-state index >= 15 is 0 Å². The molecule has 0 aliphatic carbocycles. The van der Waals surface area contributed by atoms with E-state index in [1.54, 1.807) is 38.5 Å². The van der Waals surface area contributed by atoms with E-state index in [2.05, 4.69) is 20.3 Å². The normalized spacial score (nSPS) is 11.0. The average molecular weight is 429 g/mol. The van der Waals surface area contributed by atoms with Crippen molar-refractivity contribution in [1.29, 1.82) is 0 Å². The molecule has 0 saturated heterocycles. The van der Waals surface area contributed by atoms with Crippen LogP contribution in [0.5, 0.6) is 11.5 Å². The summed E-state index contributed by atoms with van der Waals surface area (Å²) in [6, 6.07) is 10.7. The van der Waals surface area contributed by atoms with Gasteiger partial charge in [-0.3, -0.25) is 4.79 Å². The number of aromatic nitrogens is 3. The summed E-state index contributed by atoms with van der Waals surface area (Å²) in [5, 5.41) is 5.04. The van der Waals surface area contributed by atoms with Crippen molar-refractivity contribution in [2.75, 3.05) is 25.3 Å². The molecule has 2 aromatic carbocycles. The van der Waals surface area contributed by atoms with Crippen LogP contribution in [0.2, 0.25) is 5.02 Å². The minimum Gasteiger partial charge on any atom is -0.493 e. The summed E-state index contributed by atoms with van der Waals surface area (Å²) >= 11 is 7.20. The molecule has 0 aliphatic rings. The van der Waals surface area contributed by atoms with E-state index in [4.69, 9.17) is 21.1 Å². The second-order valence-electron chi connectivity index (χ2n) is 6.12. The smallest absolute Gasteiger partial charge is 0.234 e. The molecule has 2 aromatic heterocycles. The van der Waals surface area contributed by atoms with Crippen LogP contribution in [-0.2, 0) is 4.79 Å². The zero-order valence-corrected chi connectivity index (χ0v) is 17.2. The fraction of sp³-hybridized carbons (Fsp3) is 0.150. The number of H-pyrrole nitrogens is 1. The number of benzene rings is 2. The number of carbonyl (C=O) groups excluding carboxylic acids is 1. The number of hydrogen-bond donors (Lipinski definition) is 2. The molecule has 29 heavy (non-hydrogen) atoms. The lowest BCUT2D eigenvalue weighted by molar-refractivity contribution is -0.113. The van der Waals surface area contributed by atoms with Gasteiger partial charge in [0.05, 0.1) is 31.0 Å². The van der Waals surface area contributed by atoms with Crippen molar-refractivity contribution in [3.8, 4) is 11.5 Å². The molecular weight excluding hydrogens is 412 g/mol.